The van der Waals surface area contributed by atoms with Gasteiger partial charge in [-0.1, -0.05) is 31.0 Å². The molecule has 0 radical (unpaired) electrons. The Morgan fingerprint density at radius 2 is 1.22 bits per heavy atom. The van der Waals surface area contributed by atoms with Gasteiger partial charge in [-0.05, 0) is 25.0 Å². The van der Waals surface area contributed by atoms with E-state index in [0.717, 1.165) is 51.2 Å². The predicted octanol–water partition coefficient (Wildman–Crippen LogP) is 2.59. The Balaban J connectivity index is 1.49. The molecule has 0 N–H and O–H groups in total. The molecule has 0 unspecified atom stereocenters. The van der Waals surface area contributed by atoms with Gasteiger partial charge in [-0.2, -0.15) is 15.0 Å². The highest BCUT2D eigenvalue weighted by Crippen LogP contribution is 2.23. The molecule has 144 valence electrons. The number of para-hydroxylation sites is 1. The van der Waals surface area contributed by atoms with Crippen molar-refractivity contribution in [2.24, 2.45) is 0 Å². The Morgan fingerprint density at radius 1 is 0.667 bits per heavy atom. The second-order valence-electron chi connectivity index (χ2n) is 7.13. The van der Waals surface area contributed by atoms with E-state index in [1.807, 2.05) is 0 Å². The highest BCUT2D eigenvalue weighted by atomic mass is 16.5. The van der Waals surface area contributed by atoms with Crippen molar-refractivity contribution in [2.45, 2.75) is 25.7 Å². The van der Waals surface area contributed by atoms with Crippen molar-refractivity contribution < 1.29 is 4.74 Å². The van der Waals surface area contributed by atoms with Crippen LogP contribution in [0.5, 0.6) is 6.01 Å². The van der Waals surface area contributed by atoms with E-state index >= 15 is 0 Å². The van der Waals surface area contributed by atoms with Crippen LogP contribution in [0.25, 0.3) is 0 Å². The van der Waals surface area contributed by atoms with Gasteiger partial charge in [-0.3, -0.25) is 0 Å². The van der Waals surface area contributed by atoms with Gasteiger partial charge in [0.15, 0.2) is 0 Å². The lowest BCUT2D eigenvalue weighted by Crippen LogP contribution is -2.47. The second kappa shape index (κ2) is 8.41. The smallest absolute Gasteiger partial charge is 0.322 e. The molecule has 3 heterocycles. The molecule has 2 aromatic rings. The lowest BCUT2D eigenvalue weighted by Gasteiger charge is -2.36. The molecule has 1 aromatic heterocycles. The molecular weight excluding hydrogens is 340 g/mol. The van der Waals surface area contributed by atoms with Gasteiger partial charge in [0.25, 0.3) is 0 Å². The molecule has 0 spiro atoms. The lowest BCUT2D eigenvalue weighted by molar-refractivity contribution is 0.377. The van der Waals surface area contributed by atoms with E-state index in [1.165, 1.54) is 31.4 Å². The topological polar surface area (TPSA) is 57.6 Å². The third-order valence-corrected chi connectivity index (χ3v) is 5.35. The summed E-state index contributed by atoms with van der Waals surface area (Å²) in [5, 5.41) is 0. The van der Waals surface area contributed by atoms with Gasteiger partial charge in [0.1, 0.15) is 0 Å². The summed E-state index contributed by atoms with van der Waals surface area (Å²) in [5.74, 6) is 1.48. The molecule has 2 aliphatic rings. The van der Waals surface area contributed by atoms with E-state index in [2.05, 4.69) is 55.0 Å². The molecule has 7 heteroatoms. The summed E-state index contributed by atoms with van der Waals surface area (Å²) in [7, 11) is 1.62. The number of aromatic nitrogens is 3. The van der Waals surface area contributed by atoms with Crippen molar-refractivity contribution in [1.82, 2.24) is 15.0 Å². The maximum atomic E-state index is 5.37. The fourth-order valence-corrected chi connectivity index (χ4v) is 3.78. The Bertz CT molecular complexity index is 725. The minimum Gasteiger partial charge on any atom is -0.467 e. The molecule has 0 atom stereocenters. The van der Waals surface area contributed by atoms with Crippen LogP contribution in [0.4, 0.5) is 17.6 Å². The molecule has 0 saturated carbocycles. The van der Waals surface area contributed by atoms with Crippen molar-refractivity contribution in [3.05, 3.63) is 30.3 Å². The van der Waals surface area contributed by atoms with E-state index in [-0.39, 0.29) is 0 Å². The molecular formula is C20H28N6O. The zero-order chi connectivity index (χ0) is 18.5. The monoisotopic (exact) mass is 368 g/mol. The largest absolute Gasteiger partial charge is 0.467 e. The van der Waals surface area contributed by atoms with Crippen LogP contribution in [0.2, 0.25) is 0 Å². The minimum atomic E-state index is 0.407. The van der Waals surface area contributed by atoms with E-state index in [1.54, 1.807) is 7.11 Å². The molecule has 7 nitrogen and oxygen atoms in total. The van der Waals surface area contributed by atoms with E-state index < -0.39 is 0 Å². The van der Waals surface area contributed by atoms with Crippen molar-refractivity contribution in [3.63, 3.8) is 0 Å². The van der Waals surface area contributed by atoms with Crippen LogP contribution in [0.3, 0.4) is 0 Å². The predicted molar refractivity (Wildman–Crippen MR) is 108 cm³/mol. The number of rotatable bonds is 4. The van der Waals surface area contributed by atoms with E-state index in [4.69, 9.17) is 9.72 Å². The summed E-state index contributed by atoms with van der Waals surface area (Å²) >= 11 is 0. The summed E-state index contributed by atoms with van der Waals surface area (Å²) in [5.41, 5.74) is 1.27. The van der Waals surface area contributed by atoms with Crippen LogP contribution >= 0.6 is 0 Å². The van der Waals surface area contributed by atoms with Crippen LogP contribution in [0, 0.1) is 0 Å². The zero-order valence-corrected chi connectivity index (χ0v) is 16.0. The molecule has 0 amide bonds. The van der Waals surface area contributed by atoms with Crippen LogP contribution in [0.15, 0.2) is 30.3 Å². The highest BCUT2D eigenvalue weighted by molar-refractivity contribution is 5.49. The molecule has 2 saturated heterocycles. The number of ether oxygens (including phenoxy) is 1. The first-order valence-corrected chi connectivity index (χ1v) is 9.93. The van der Waals surface area contributed by atoms with Crippen LogP contribution in [-0.4, -0.2) is 61.3 Å². The SMILES string of the molecule is COc1nc(N2CCCCCC2)nc(N2CCN(c3ccccc3)CC2)n1. The number of methoxy groups -OCH3 is 1. The van der Waals surface area contributed by atoms with Gasteiger partial charge in [0.05, 0.1) is 7.11 Å². The van der Waals surface area contributed by atoms with Crippen molar-refractivity contribution in [3.8, 4) is 6.01 Å². The summed E-state index contributed by atoms with van der Waals surface area (Å²) in [6.45, 7) is 5.71. The van der Waals surface area contributed by atoms with Gasteiger partial charge in [0, 0.05) is 45.0 Å². The molecule has 1 aromatic carbocycles. The first-order chi connectivity index (χ1) is 13.3. The van der Waals surface area contributed by atoms with Crippen LogP contribution < -0.4 is 19.4 Å². The average molecular weight is 368 g/mol. The number of piperazine rings is 1. The number of anilines is 3. The van der Waals surface area contributed by atoms with Gasteiger partial charge in [0.2, 0.25) is 11.9 Å². The quantitative estimate of drug-likeness (QED) is 0.822. The summed E-state index contributed by atoms with van der Waals surface area (Å²) in [6.07, 6.45) is 4.96. The summed E-state index contributed by atoms with van der Waals surface area (Å²) < 4.78 is 5.37. The van der Waals surface area contributed by atoms with E-state index in [0.29, 0.717) is 6.01 Å². The van der Waals surface area contributed by atoms with E-state index in [9.17, 15) is 0 Å². The minimum absolute atomic E-state index is 0.407. The fourth-order valence-electron chi connectivity index (χ4n) is 3.78. The standard InChI is InChI=1S/C20H28N6O/c1-27-20-22-18(25-11-7-2-3-8-12-25)21-19(23-20)26-15-13-24(14-16-26)17-9-5-4-6-10-17/h4-6,9-10H,2-3,7-8,11-16H2,1H3. The maximum absolute atomic E-state index is 5.37. The first-order valence-electron chi connectivity index (χ1n) is 9.93. The second-order valence-corrected chi connectivity index (χ2v) is 7.13. The van der Waals surface area contributed by atoms with Crippen LogP contribution in [-0.2, 0) is 0 Å². The average Bonchev–Trinajstić information content (AvgIpc) is 3.04. The third kappa shape index (κ3) is 4.23. The molecule has 27 heavy (non-hydrogen) atoms. The zero-order valence-electron chi connectivity index (χ0n) is 16.0. The molecule has 4 rings (SSSR count). The Kier molecular flexibility index (Phi) is 5.55. The lowest BCUT2D eigenvalue weighted by atomic mass is 10.2. The number of hydrogen-bond donors (Lipinski definition) is 0. The Labute approximate surface area is 161 Å². The summed E-state index contributed by atoms with van der Waals surface area (Å²) in [6, 6.07) is 11.0. The molecule has 0 aliphatic carbocycles. The third-order valence-electron chi connectivity index (χ3n) is 5.35. The Hall–Kier alpha value is -2.57. The normalized spacial score (nSPS) is 18.3. The summed E-state index contributed by atoms with van der Waals surface area (Å²) in [4.78, 5) is 20.8. The molecule has 0 bridgehead atoms. The van der Waals surface area contributed by atoms with Gasteiger partial charge < -0.3 is 19.4 Å². The van der Waals surface area contributed by atoms with Gasteiger partial charge >= 0.3 is 6.01 Å². The number of hydrogen-bond acceptors (Lipinski definition) is 7. The fraction of sp³-hybridized carbons (Fsp3) is 0.550. The number of benzene rings is 1. The van der Waals surface area contributed by atoms with Crippen molar-refractivity contribution in [1.29, 1.82) is 0 Å². The molecule has 2 aliphatic heterocycles. The van der Waals surface area contributed by atoms with Gasteiger partial charge in [-0.15, -0.1) is 0 Å². The van der Waals surface area contributed by atoms with Gasteiger partial charge in [-0.25, -0.2) is 0 Å². The maximum Gasteiger partial charge on any atom is 0.322 e. The van der Waals surface area contributed by atoms with Crippen LogP contribution in [0.1, 0.15) is 25.7 Å². The first kappa shape index (κ1) is 17.8. The molecule has 2 fully saturated rings. The van der Waals surface area contributed by atoms with Crippen molar-refractivity contribution >= 4 is 17.6 Å². The Morgan fingerprint density at radius 3 is 1.81 bits per heavy atom. The van der Waals surface area contributed by atoms with Crippen molar-refractivity contribution in [2.75, 3.05) is 61.1 Å². The highest BCUT2D eigenvalue weighted by Gasteiger charge is 2.22. The number of nitrogens with zero attached hydrogens (tertiary/aromatic N) is 6.